The third-order valence-electron chi connectivity index (χ3n) is 2.45. The van der Waals surface area contributed by atoms with E-state index in [0.717, 1.165) is 17.7 Å². The van der Waals surface area contributed by atoms with Crippen LogP contribution in [0.25, 0.3) is 0 Å². The van der Waals surface area contributed by atoms with Crippen molar-refractivity contribution in [3.63, 3.8) is 0 Å². The van der Waals surface area contributed by atoms with Gasteiger partial charge >= 0.3 is 0 Å². The molecule has 0 unspecified atom stereocenters. The van der Waals surface area contributed by atoms with Gasteiger partial charge in [-0.15, -0.1) is 5.10 Å². The Kier molecular flexibility index (Phi) is 3.91. The molecule has 1 aromatic carbocycles. The van der Waals surface area contributed by atoms with Gasteiger partial charge in [0, 0.05) is 12.0 Å². The van der Waals surface area contributed by atoms with Crippen molar-refractivity contribution in [2.45, 2.75) is 13.3 Å². The molecule has 0 atom stereocenters. The molecule has 0 amide bonds. The Labute approximate surface area is 106 Å². The molecule has 0 radical (unpaired) electrons. The lowest BCUT2D eigenvalue weighted by Crippen LogP contribution is -2.12. The molecular formula is C14H15N3O. The second-order valence-electron chi connectivity index (χ2n) is 3.75. The number of benzene rings is 1. The zero-order valence-electron chi connectivity index (χ0n) is 10.2. The summed E-state index contributed by atoms with van der Waals surface area (Å²) < 4.78 is 5.46. The van der Waals surface area contributed by atoms with Crippen LogP contribution in [0.2, 0.25) is 0 Å². The average molecular weight is 241 g/mol. The molecule has 2 rings (SSSR count). The van der Waals surface area contributed by atoms with Crippen molar-refractivity contribution in [1.29, 1.82) is 0 Å². The Morgan fingerprint density at radius 3 is 2.67 bits per heavy atom. The number of hydrogen-bond acceptors (Lipinski definition) is 3. The second-order valence-corrected chi connectivity index (χ2v) is 3.75. The van der Waals surface area contributed by atoms with Crippen LogP contribution in [0, 0.1) is 0 Å². The van der Waals surface area contributed by atoms with E-state index in [1.807, 2.05) is 49.4 Å². The molecule has 0 fully saturated rings. The van der Waals surface area contributed by atoms with Crippen molar-refractivity contribution in [2.24, 2.45) is 15.9 Å². The van der Waals surface area contributed by atoms with Crippen molar-refractivity contribution < 1.29 is 4.42 Å². The smallest absolute Gasteiger partial charge is 0.153 e. The van der Waals surface area contributed by atoms with Crippen LogP contribution in [0.5, 0.6) is 0 Å². The largest absolute Gasteiger partial charge is 0.460 e. The van der Waals surface area contributed by atoms with E-state index in [0.29, 0.717) is 11.6 Å². The Bertz CT molecular complexity index is 555. The number of furan rings is 1. The molecule has 0 bridgehead atoms. The predicted molar refractivity (Wildman–Crippen MR) is 72.8 cm³/mol. The van der Waals surface area contributed by atoms with Gasteiger partial charge in [-0.1, -0.05) is 37.3 Å². The molecule has 1 heterocycles. The normalized spacial score (nSPS) is 12.2. The summed E-state index contributed by atoms with van der Waals surface area (Å²) in [4.78, 5) is 0. The quantitative estimate of drug-likeness (QED) is 0.508. The van der Waals surface area contributed by atoms with Crippen molar-refractivity contribution in [3.05, 3.63) is 59.5 Å². The molecule has 4 heteroatoms. The molecule has 0 aliphatic heterocycles. The molecule has 18 heavy (non-hydrogen) atoms. The van der Waals surface area contributed by atoms with Crippen molar-refractivity contribution in [2.75, 3.05) is 0 Å². The van der Waals surface area contributed by atoms with Crippen molar-refractivity contribution in [3.8, 4) is 0 Å². The molecule has 0 aliphatic rings. The van der Waals surface area contributed by atoms with Crippen LogP contribution >= 0.6 is 0 Å². The third-order valence-corrected chi connectivity index (χ3v) is 2.45. The predicted octanol–water partition coefficient (Wildman–Crippen LogP) is 2.58. The van der Waals surface area contributed by atoms with Gasteiger partial charge in [-0.25, -0.2) is 0 Å². The lowest BCUT2D eigenvalue weighted by molar-refractivity contribution is 0.510. The van der Waals surface area contributed by atoms with Gasteiger partial charge in [0.1, 0.15) is 11.5 Å². The summed E-state index contributed by atoms with van der Waals surface area (Å²) in [6.07, 6.45) is 2.41. The van der Waals surface area contributed by atoms with E-state index in [1.54, 1.807) is 6.21 Å². The lowest BCUT2D eigenvalue weighted by Gasteiger charge is -1.96. The zero-order chi connectivity index (χ0) is 12.8. The van der Waals surface area contributed by atoms with Crippen LogP contribution in [-0.2, 0) is 6.42 Å². The lowest BCUT2D eigenvalue weighted by atomic mass is 10.2. The fourth-order valence-corrected chi connectivity index (χ4v) is 1.47. The molecule has 2 N–H and O–H groups in total. The topological polar surface area (TPSA) is 63.9 Å². The minimum atomic E-state index is 0.383. The zero-order valence-corrected chi connectivity index (χ0v) is 10.2. The van der Waals surface area contributed by atoms with E-state index < -0.39 is 0 Å². The van der Waals surface area contributed by atoms with E-state index in [4.69, 9.17) is 10.2 Å². The second kappa shape index (κ2) is 5.82. The van der Waals surface area contributed by atoms with Crippen LogP contribution in [0.15, 0.2) is 57.1 Å². The van der Waals surface area contributed by atoms with Gasteiger partial charge in [0.25, 0.3) is 0 Å². The van der Waals surface area contributed by atoms with Gasteiger partial charge in [-0.3, -0.25) is 0 Å². The van der Waals surface area contributed by atoms with Gasteiger partial charge in [-0.05, 0) is 12.1 Å². The molecule has 4 nitrogen and oxygen atoms in total. The van der Waals surface area contributed by atoms with E-state index in [1.165, 1.54) is 0 Å². The average Bonchev–Trinajstić information content (AvgIpc) is 2.87. The highest BCUT2D eigenvalue weighted by atomic mass is 16.3. The van der Waals surface area contributed by atoms with E-state index in [-0.39, 0.29) is 0 Å². The third kappa shape index (κ3) is 3.07. The van der Waals surface area contributed by atoms with E-state index >= 15 is 0 Å². The maximum atomic E-state index is 5.80. The number of amidine groups is 1. The fraction of sp³-hybridized carbons (Fsp3) is 0.143. The summed E-state index contributed by atoms with van der Waals surface area (Å²) in [7, 11) is 0. The number of hydrogen-bond donors (Lipinski definition) is 1. The summed E-state index contributed by atoms with van der Waals surface area (Å²) >= 11 is 0. The first-order chi connectivity index (χ1) is 8.79. The molecule has 2 aromatic rings. The minimum Gasteiger partial charge on any atom is -0.460 e. The first-order valence-corrected chi connectivity index (χ1v) is 5.80. The monoisotopic (exact) mass is 241 g/mol. The minimum absolute atomic E-state index is 0.383. The first kappa shape index (κ1) is 12.1. The summed E-state index contributed by atoms with van der Waals surface area (Å²) in [5.41, 5.74) is 6.65. The fourth-order valence-electron chi connectivity index (χ4n) is 1.47. The van der Waals surface area contributed by atoms with Gasteiger partial charge < -0.3 is 10.2 Å². The van der Waals surface area contributed by atoms with E-state index in [9.17, 15) is 0 Å². The number of nitrogens with two attached hydrogens (primary N) is 1. The standard InChI is InChI=1S/C14H15N3O/c1-2-12-8-9-13(18-12)10-16-17-14(15)11-6-4-3-5-7-11/h3-10H,2H2,1H3,(H2,15,17). The number of rotatable bonds is 4. The van der Waals surface area contributed by atoms with Gasteiger partial charge in [0.2, 0.25) is 0 Å². The molecule has 0 spiro atoms. The van der Waals surface area contributed by atoms with E-state index in [2.05, 4.69) is 10.2 Å². The summed E-state index contributed by atoms with van der Waals surface area (Å²) in [5, 5.41) is 7.84. The SMILES string of the molecule is CCc1ccc(C=NN=C(N)c2ccccc2)o1. The molecule has 0 aliphatic carbocycles. The van der Waals surface area contributed by atoms with Crippen LogP contribution in [0.4, 0.5) is 0 Å². The van der Waals surface area contributed by atoms with Crippen LogP contribution < -0.4 is 5.73 Å². The Balaban J connectivity index is 2.06. The summed E-state index contributed by atoms with van der Waals surface area (Å²) in [5.74, 6) is 1.99. The maximum absolute atomic E-state index is 5.80. The van der Waals surface area contributed by atoms with Crippen molar-refractivity contribution >= 4 is 12.1 Å². The van der Waals surface area contributed by atoms with Gasteiger partial charge in [0.05, 0.1) is 6.21 Å². The Hall–Kier alpha value is -2.36. The number of aryl methyl sites for hydroxylation is 1. The maximum Gasteiger partial charge on any atom is 0.153 e. The molecule has 0 saturated heterocycles. The highest BCUT2D eigenvalue weighted by Crippen LogP contribution is 2.06. The Morgan fingerprint density at radius 2 is 2.00 bits per heavy atom. The highest BCUT2D eigenvalue weighted by molar-refractivity contribution is 5.97. The molecule has 0 saturated carbocycles. The van der Waals surface area contributed by atoms with Crippen LogP contribution in [-0.4, -0.2) is 12.1 Å². The van der Waals surface area contributed by atoms with Crippen LogP contribution in [0.3, 0.4) is 0 Å². The summed E-state index contributed by atoms with van der Waals surface area (Å²) in [6, 6.07) is 13.3. The van der Waals surface area contributed by atoms with Crippen LogP contribution in [0.1, 0.15) is 24.0 Å². The summed E-state index contributed by atoms with van der Waals surface area (Å²) in [6.45, 7) is 2.03. The van der Waals surface area contributed by atoms with Gasteiger partial charge in [0.15, 0.2) is 5.84 Å². The molecule has 92 valence electrons. The van der Waals surface area contributed by atoms with Gasteiger partial charge in [-0.2, -0.15) is 5.10 Å². The Morgan fingerprint density at radius 1 is 1.22 bits per heavy atom. The van der Waals surface area contributed by atoms with Crippen molar-refractivity contribution in [1.82, 2.24) is 0 Å². The number of nitrogens with zero attached hydrogens (tertiary/aromatic N) is 2. The first-order valence-electron chi connectivity index (χ1n) is 5.80. The molecule has 1 aromatic heterocycles. The molecular weight excluding hydrogens is 226 g/mol. The highest BCUT2D eigenvalue weighted by Gasteiger charge is 1.97.